The minimum absolute atomic E-state index is 0.0282. The van der Waals surface area contributed by atoms with E-state index in [1.54, 1.807) is 0 Å². The van der Waals surface area contributed by atoms with Gasteiger partial charge in [-0.15, -0.1) is 0 Å². The van der Waals surface area contributed by atoms with Gasteiger partial charge >= 0.3 is 23.9 Å². The van der Waals surface area contributed by atoms with Crippen molar-refractivity contribution in [3.05, 3.63) is 11.6 Å². The van der Waals surface area contributed by atoms with Crippen molar-refractivity contribution < 1.29 is 38.1 Å². The lowest BCUT2D eigenvalue weighted by Crippen LogP contribution is -2.14. The molecular formula is C17H26O8. The summed E-state index contributed by atoms with van der Waals surface area (Å²) in [6.07, 6.45) is 2.29. The highest BCUT2D eigenvalue weighted by Gasteiger charge is 2.11. The molecule has 0 aromatic rings. The Bertz CT molecular complexity index is 481. The van der Waals surface area contributed by atoms with Crippen molar-refractivity contribution in [3.8, 4) is 0 Å². The Kier molecular flexibility index (Phi) is 12.7. The quantitative estimate of drug-likeness (QED) is 0.295. The monoisotopic (exact) mass is 358 g/mol. The molecule has 0 rings (SSSR count). The van der Waals surface area contributed by atoms with Crippen molar-refractivity contribution in [1.29, 1.82) is 0 Å². The molecular weight excluding hydrogens is 332 g/mol. The molecule has 8 nitrogen and oxygen atoms in total. The van der Waals surface area contributed by atoms with E-state index in [2.05, 4.69) is 0 Å². The topological polar surface area (TPSA) is 105 Å². The zero-order valence-corrected chi connectivity index (χ0v) is 15.0. The molecule has 0 bridgehead atoms. The highest BCUT2D eigenvalue weighted by Crippen LogP contribution is 2.00. The molecule has 0 saturated carbocycles. The summed E-state index contributed by atoms with van der Waals surface area (Å²) < 4.78 is 19.3. The van der Waals surface area contributed by atoms with Gasteiger partial charge < -0.3 is 18.9 Å². The van der Waals surface area contributed by atoms with Crippen LogP contribution in [0.25, 0.3) is 0 Å². The molecule has 0 saturated heterocycles. The van der Waals surface area contributed by atoms with E-state index in [0.717, 1.165) is 6.08 Å². The van der Waals surface area contributed by atoms with Gasteiger partial charge in [0.15, 0.2) is 0 Å². The predicted molar refractivity (Wildman–Crippen MR) is 87.4 cm³/mol. The number of ether oxygens (including phenoxy) is 4. The molecule has 0 spiro atoms. The Morgan fingerprint density at radius 1 is 0.720 bits per heavy atom. The Morgan fingerprint density at radius 3 is 1.68 bits per heavy atom. The lowest BCUT2D eigenvalue weighted by Gasteiger charge is -2.06. The van der Waals surface area contributed by atoms with Crippen molar-refractivity contribution in [3.63, 3.8) is 0 Å². The second-order valence-electron chi connectivity index (χ2n) is 5.07. The second-order valence-corrected chi connectivity index (χ2v) is 5.07. The Balaban J connectivity index is 4.02. The van der Waals surface area contributed by atoms with Crippen molar-refractivity contribution in [1.82, 2.24) is 0 Å². The normalized spacial score (nSPS) is 10.8. The maximum absolute atomic E-state index is 11.6. The van der Waals surface area contributed by atoms with Crippen LogP contribution in [-0.4, -0.2) is 50.3 Å². The van der Waals surface area contributed by atoms with E-state index in [-0.39, 0.29) is 31.6 Å². The van der Waals surface area contributed by atoms with Gasteiger partial charge in [-0.2, -0.15) is 0 Å². The summed E-state index contributed by atoms with van der Waals surface area (Å²) in [7, 11) is 0. The molecule has 0 N–H and O–H groups in total. The van der Waals surface area contributed by atoms with Crippen LogP contribution in [-0.2, 0) is 38.1 Å². The van der Waals surface area contributed by atoms with E-state index in [0.29, 0.717) is 26.1 Å². The van der Waals surface area contributed by atoms with Gasteiger partial charge in [0.2, 0.25) is 0 Å². The van der Waals surface area contributed by atoms with Crippen LogP contribution in [0.5, 0.6) is 0 Å². The van der Waals surface area contributed by atoms with Crippen LogP contribution in [0.3, 0.4) is 0 Å². The highest BCUT2D eigenvalue weighted by atomic mass is 16.6. The van der Waals surface area contributed by atoms with E-state index < -0.39 is 23.9 Å². The minimum Gasteiger partial charge on any atom is -0.466 e. The molecule has 0 fully saturated rings. The van der Waals surface area contributed by atoms with E-state index in [1.807, 2.05) is 13.8 Å². The zero-order chi connectivity index (χ0) is 19.1. The molecule has 0 radical (unpaired) electrons. The maximum atomic E-state index is 11.6. The third kappa shape index (κ3) is 12.7. The molecule has 0 unspecified atom stereocenters. The van der Waals surface area contributed by atoms with Gasteiger partial charge in [0.1, 0.15) is 13.2 Å². The summed E-state index contributed by atoms with van der Waals surface area (Å²) in [6, 6.07) is 0. The molecule has 0 aromatic carbocycles. The van der Waals surface area contributed by atoms with Crippen LogP contribution < -0.4 is 0 Å². The number of carbonyl (C=O) groups is 4. The predicted octanol–water partition coefficient (Wildman–Crippen LogP) is 1.71. The summed E-state index contributed by atoms with van der Waals surface area (Å²) in [5.41, 5.74) is 0.0282. The number of rotatable bonds is 12. The highest BCUT2D eigenvalue weighted by molar-refractivity contribution is 5.95. The smallest absolute Gasteiger partial charge is 0.333 e. The fourth-order valence-corrected chi connectivity index (χ4v) is 1.43. The maximum Gasteiger partial charge on any atom is 0.333 e. The van der Waals surface area contributed by atoms with Crippen molar-refractivity contribution >= 4 is 23.9 Å². The summed E-state index contributed by atoms with van der Waals surface area (Å²) in [4.78, 5) is 45.6. The molecule has 0 aliphatic carbocycles. The van der Waals surface area contributed by atoms with E-state index in [4.69, 9.17) is 18.9 Å². The molecule has 0 aliphatic rings. The first-order valence-corrected chi connectivity index (χ1v) is 8.24. The van der Waals surface area contributed by atoms with Gasteiger partial charge in [-0.3, -0.25) is 9.59 Å². The number of esters is 4. The molecule has 0 aromatic heterocycles. The average molecular weight is 358 g/mol. The van der Waals surface area contributed by atoms with Crippen LogP contribution in [0.4, 0.5) is 0 Å². The van der Waals surface area contributed by atoms with Crippen molar-refractivity contribution in [2.45, 2.75) is 46.5 Å². The standard InChI is InChI=1S/C17H26O8/c1-4-8-22-14(18)6-10-24-16(20)12-13(3)17(21)25-11-7-15(19)23-9-5-2/h12H,4-11H2,1-3H3/b13-12-. The lowest BCUT2D eigenvalue weighted by atomic mass is 10.3. The van der Waals surface area contributed by atoms with Crippen molar-refractivity contribution in [2.24, 2.45) is 0 Å². The van der Waals surface area contributed by atoms with Gasteiger partial charge in [-0.05, 0) is 19.8 Å². The SMILES string of the molecule is CCCOC(=O)CCOC(=O)/C=C(/C)C(=O)OCCC(=O)OCCC. The van der Waals surface area contributed by atoms with Gasteiger partial charge in [-0.1, -0.05) is 13.8 Å². The van der Waals surface area contributed by atoms with E-state index in [9.17, 15) is 19.2 Å². The van der Waals surface area contributed by atoms with E-state index in [1.165, 1.54) is 6.92 Å². The molecule has 0 amide bonds. The van der Waals surface area contributed by atoms with Gasteiger partial charge in [0.05, 0.1) is 26.1 Å². The van der Waals surface area contributed by atoms with Crippen molar-refractivity contribution in [2.75, 3.05) is 26.4 Å². The van der Waals surface area contributed by atoms with Gasteiger partial charge in [-0.25, -0.2) is 9.59 Å². The van der Waals surface area contributed by atoms with Crippen LogP contribution in [0.15, 0.2) is 11.6 Å². The van der Waals surface area contributed by atoms with Crippen LogP contribution in [0.2, 0.25) is 0 Å². The first-order chi connectivity index (χ1) is 11.9. The molecule has 142 valence electrons. The molecule has 0 heterocycles. The van der Waals surface area contributed by atoms with Crippen LogP contribution in [0.1, 0.15) is 46.5 Å². The van der Waals surface area contributed by atoms with E-state index >= 15 is 0 Å². The average Bonchev–Trinajstić information content (AvgIpc) is 2.57. The Hall–Kier alpha value is -2.38. The summed E-state index contributed by atoms with van der Waals surface area (Å²) >= 11 is 0. The fraction of sp³-hybridized carbons (Fsp3) is 0.647. The molecule has 0 aliphatic heterocycles. The third-order valence-corrected chi connectivity index (χ3v) is 2.68. The molecule has 8 heteroatoms. The summed E-state index contributed by atoms with van der Waals surface area (Å²) in [5.74, 6) is -2.40. The number of hydrogen-bond donors (Lipinski definition) is 0. The summed E-state index contributed by atoms with van der Waals surface area (Å²) in [5, 5.41) is 0. The molecule has 25 heavy (non-hydrogen) atoms. The zero-order valence-electron chi connectivity index (χ0n) is 15.0. The largest absolute Gasteiger partial charge is 0.466 e. The lowest BCUT2D eigenvalue weighted by molar-refractivity contribution is -0.149. The van der Waals surface area contributed by atoms with Crippen LogP contribution >= 0.6 is 0 Å². The number of carbonyl (C=O) groups excluding carboxylic acids is 4. The Morgan fingerprint density at radius 2 is 1.20 bits per heavy atom. The van der Waals surface area contributed by atoms with Gasteiger partial charge in [0, 0.05) is 11.6 Å². The number of hydrogen-bond acceptors (Lipinski definition) is 8. The second kappa shape index (κ2) is 14.0. The third-order valence-electron chi connectivity index (χ3n) is 2.68. The first-order valence-electron chi connectivity index (χ1n) is 8.24. The Labute approximate surface area is 147 Å². The van der Waals surface area contributed by atoms with Crippen LogP contribution in [0, 0.1) is 0 Å². The fourth-order valence-electron chi connectivity index (χ4n) is 1.43. The minimum atomic E-state index is -0.764. The van der Waals surface area contributed by atoms with Gasteiger partial charge in [0.25, 0.3) is 0 Å². The molecule has 0 atom stereocenters. The summed E-state index contributed by atoms with van der Waals surface area (Å²) in [6.45, 7) is 5.50. The first kappa shape index (κ1) is 22.6.